The van der Waals surface area contributed by atoms with E-state index < -0.39 is 21.6 Å². The molecule has 0 aliphatic carbocycles. The number of benzene rings is 2. The molecule has 2 aromatic carbocycles. The fraction of sp³-hybridized carbons (Fsp3) is 0.211. The average molecular weight is 397 g/mol. The van der Waals surface area contributed by atoms with E-state index in [4.69, 9.17) is 0 Å². The van der Waals surface area contributed by atoms with Crippen molar-refractivity contribution in [2.75, 3.05) is 6.26 Å². The summed E-state index contributed by atoms with van der Waals surface area (Å²) in [6, 6.07) is 10.7. The Morgan fingerprint density at radius 2 is 1.78 bits per heavy atom. The molecule has 0 fully saturated rings. The Kier molecular flexibility index (Phi) is 6.52. The molecule has 27 heavy (non-hydrogen) atoms. The summed E-state index contributed by atoms with van der Waals surface area (Å²) in [5.74, 6) is -1.63. The molecule has 0 saturated carbocycles. The number of sulfone groups is 1. The summed E-state index contributed by atoms with van der Waals surface area (Å²) in [5, 5.41) is 11.7. The number of halogens is 1. The van der Waals surface area contributed by atoms with E-state index in [1.165, 1.54) is 24.3 Å². The van der Waals surface area contributed by atoms with Gasteiger partial charge < -0.3 is 14.5 Å². The molecule has 1 aromatic heterocycles. The second kappa shape index (κ2) is 8.14. The van der Waals surface area contributed by atoms with Crippen molar-refractivity contribution in [2.45, 2.75) is 24.8 Å². The maximum Gasteiger partial charge on any atom is 1.00 e. The van der Waals surface area contributed by atoms with Crippen LogP contribution in [0.15, 0.2) is 47.4 Å². The molecular weight excluding hydrogens is 380 g/mol. The average Bonchev–Trinajstić information content (AvgIpc) is 2.79. The molecule has 0 atom stereocenters. The molecule has 0 aliphatic heterocycles. The van der Waals surface area contributed by atoms with Crippen molar-refractivity contribution < 1.29 is 52.3 Å². The third-order valence-electron chi connectivity index (χ3n) is 4.44. The van der Waals surface area contributed by atoms with Crippen molar-refractivity contribution in [3.8, 4) is 0 Å². The number of nitrogens with zero attached hydrogens (tertiary/aromatic N) is 1. The van der Waals surface area contributed by atoms with Gasteiger partial charge in [0.1, 0.15) is 5.82 Å². The van der Waals surface area contributed by atoms with Crippen molar-refractivity contribution >= 4 is 26.7 Å². The predicted octanol–water partition coefficient (Wildman–Crippen LogP) is -1.16. The second-order valence-corrected chi connectivity index (χ2v) is 8.29. The normalized spacial score (nSPS) is 11.4. The third-order valence-corrected chi connectivity index (χ3v) is 5.56. The molecular formula is C19H17FNNaO4S. The van der Waals surface area contributed by atoms with Crippen LogP contribution in [-0.2, 0) is 27.6 Å². The first-order valence-electron chi connectivity index (χ1n) is 7.93. The summed E-state index contributed by atoms with van der Waals surface area (Å²) in [5.41, 5.74) is 2.97. The van der Waals surface area contributed by atoms with Gasteiger partial charge in [-0.15, -0.1) is 0 Å². The zero-order valence-corrected chi connectivity index (χ0v) is 18.1. The Bertz CT molecular complexity index is 1100. The maximum atomic E-state index is 13.7. The molecule has 0 spiro atoms. The molecule has 0 radical (unpaired) electrons. The third kappa shape index (κ3) is 4.60. The number of hydrogen-bond donors (Lipinski definition) is 0. The Hall–Kier alpha value is -1.67. The number of carboxylic acid groups (broad SMARTS) is 1. The van der Waals surface area contributed by atoms with Gasteiger partial charge >= 0.3 is 29.6 Å². The molecule has 0 amide bonds. The molecule has 0 unspecified atom stereocenters. The van der Waals surface area contributed by atoms with Crippen LogP contribution in [-0.4, -0.2) is 25.2 Å². The van der Waals surface area contributed by atoms with Gasteiger partial charge in [0.2, 0.25) is 0 Å². The van der Waals surface area contributed by atoms with E-state index in [0.29, 0.717) is 23.0 Å². The van der Waals surface area contributed by atoms with E-state index >= 15 is 0 Å². The van der Waals surface area contributed by atoms with E-state index in [1.807, 2.05) is 0 Å². The standard InChI is InChI=1S/C19H18FNO4S.Na/c1-12-16(9-13-3-6-15(7-4-13)26(2,24)25)17-10-14(20)5-8-18(17)21(12)11-19(22)23;/h3-8,10H,9,11H2,1-2H3,(H,22,23);/q;+1/p-1. The minimum absolute atomic E-state index is 0. The fourth-order valence-electron chi connectivity index (χ4n) is 3.14. The Morgan fingerprint density at radius 1 is 1.15 bits per heavy atom. The minimum atomic E-state index is -3.28. The van der Waals surface area contributed by atoms with Crippen LogP contribution in [0.4, 0.5) is 4.39 Å². The molecule has 0 saturated heterocycles. The van der Waals surface area contributed by atoms with Crippen molar-refractivity contribution in [1.29, 1.82) is 0 Å². The van der Waals surface area contributed by atoms with Gasteiger partial charge in [0, 0.05) is 22.9 Å². The number of rotatable bonds is 5. The number of carbonyl (C=O) groups is 1. The molecule has 0 N–H and O–H groups in total. The van der Waals surface area contributed by atoms with E-state index in [0.717, 1.165) is 17.4 Å². The van der Waals surface area contributed by atoms with Crippen LogP contribution in [0, 0.1) is 12.7 Å². The number of carbonyl (C=O) groups excluding carboxylic acids is 1. The summed E-state index contributed by atoms with van der Waals surface area (Å²) in [7, 11) is -3.28. The molecule has 0 aliphatic rings. The van der Waals surface area contributed by atoms with E-state index in [9.17, 15) is 22.7 Å². The molecule has 3 aromatic rings. The monoisotopic (exact) mass is 397 g/mol. The number of hydrogen-bond acceptors (Lipinski definition) is 4. The molecule has 136 valence electrons. The van der Waals surface area contributed by atoms with E-state index in [2.05, 4.69) is 0 Å². The number of carboxylic acids is 1. The molecule has 8 heteroatoms. The topological polar surface area (TPSA) is 79.2 Å². The van der Waals surface area contributed by atoms with Crippen molar-refractivity contribution in [3.63, 3.8) is 0 Å². The molecule has 1 heterocycles. The molecule has 3 rings (SSSR count). The van der Waals surface area contributed by atoms with E-state index in [-0.39, 0.29) is 41.0 Å². The van der Waals surface area contributed by atoms with Crippen molar-refractivity contribution in [3.05, 3.63) is 65.1 Å². The quantitative estimate of drug-likeness (QED) is 0.509. The number of aliphatic carboxylic acids is 1. The summed E-state index contributed by atoms with van der Waals surface area (Å²) in [6.45, 7) is 1.46. The minimum Gasteiger partial charge on any atom is -0.548 e. The first-order valence-corrected chi connectivity index (χ1v) is 9.82. The van der Waals surface area contributed by atoms with Gasteiger partial charge in [-0.05, 0) is 54.8 Å². The van der Waals surface area contributed by atoms with Crippen LogP contribution >= 0.6 is 0 Å². The smallest absolute Gasteiger partial charge is 0.548 e. The van der Waals surface area contributed by atoms with Crippen LogP contribution in [0.1, 0.15) is 16.8 Å². The predicted molar refractivity (Wildman–Crippen MR) is 94.0 cm³/mol. The fourth-order valence-corrected chi connectivity index (χ4v) is 3.77. The summed E-state index contributed by atoms with van der Waals surface area (Å²) in [4.78, 5) is 11.3. The van der Waals surface area contributed by atoms with Crippen LogP contribution in [0.5, 0.6) is 0 Å². The van der Waals surface area contributed by atoms with Crippen LogP contribution in [0.3, 0.4) is 0 Å². The van der Waals surface area contributed by atoms with Crippen molar-refractivity contribution in [2.24, 2.45) is 0 Å². The van der Waals surface area contributed by atoms with Crippen LogP contribution < -0.4 is 34.7 Å². The van der Waals surface area contributed by atoms with E-state index in [1.54, 1.807) is 29.7 Å². The zero-order chi connectivity index (χ0) is 19.1. The van der Waals surface area contributed by atoms with Gasteiger partial charge in [-0.25, -0.2) is 12.8 Å². The van der Waals surface area contributed by atoms with Gasteiger partial charge in [0.25, 0.3) is 0 Å². The SMILES string of the molecule is Cc1c(Cc2ccc(S(C)(=O)=O)cc2)c2cc(F)ccc2n1CC(=O)[O-].[Na+]. The van der Waals surface area contributed by atoms with Crippen LogP contribution in [0.25, 0.3) is 10.9 Å². The first-order chi connectivity index (χ1) is 12.2. The van der Waals surface area contributed by atoms with Crippen molar-refractivity contribution in [1.82, 2.24) is 4.57 Å². The second-order valence-electron chi connectivity index (χ2n) is 6.28. The largest absolute Gasteiger partial charge is 1.00 e. The summed E-state index contributed by atoms with van der Waals surface area (Å²) < 4.78 is 38.5. The Balaban J connectivity index is 0.00000261. The van der Waals surface area contributed by atoms with Gasteiger partial charge in [-0.3, -0.25) is 0 Å². The number of fused-ring (bicyclic) bond motifs is 1. The van der Waals surface area contributed by atoms with Gasteiger partial charge in [-0.2, -0.15) is 0 Å². The summed E-state index contributed by atoms with van der Waals surface area (Å²) >= 11 is 0. The van der Waals surface area contributed by atoms with Gasteiger partial charge in [0.15, 0.2) is 9.84 Å². The van der Waals surface area contributed by atoms with Gasteiger partial charge in [0.05, 0.1) is 17.4 Å². The Labute approximate surface area is 179 Å². The Morgan fingerprint density at radius 3 is 2.33 bits per heavy atom. The zero-order valence-electron chi connectivity index (χ0n) is 15.3. The summed E-state index contributed by atoms with van der Waals surface area (Å²) in [6.07, 6.45) is 1.57. The van der Waals surface area contributed by atoms with Gasteiger partial charge in [-0.1, -0.05) is 12.1 Å². The molecule has 0 bridgehead atoms. The molecule has 5 nitrogen and oxygen atoms in total. The maximum absolute atomic E-state index is 13.7. The number of aromatic nitrogens is 1. The first kappa shape index (κ1) is 21.6. The van der Waals surface area contributed by atoms with Crippen LogP contribution in [0.2, 0.25) is 0 Å².